The molecule has 182 valence electrons. The number of aliphatic hydroxyl groups is 1. The highest BCUT2D eigenvalue weighted by Crippen LogP contribution is 2.28. The number of nitrogens with one attached hydrogen (secondary N) is 1. The number of rotatable bonds is 7. The molecule has 9 heteroatoms. The number of amides is 1. The molecule has 0 atom stereocenters. The smallest absolute Gasteiger partial charge is 0.302 e. The van der Waals surface area contributed by atoms with Gasteiger partial charge < -0.3 is 24.6 Å². The number of fused-ring (bicyclic) bond motifs is 1. The van der Waals surface area contributed by atoms with Gasteiger partial charge in [-0.2, -0.15) is 0 Å². The van der Waals surface area contributed by atoms with E-state index in [9.17, 15) is 9.59 Å². The number of carbonyl (C=O) groups is 1. The van der Waals surface area contributed by atoms with Gasteiger partial charge in [-0.3, -0.25) is 9.59 Å². The Morgan fingerprint density at radius 1 is 1.11 bits per heavy atom. The number of pyridine rings is 1. The summed E-state index contributed by atoms with van der Waals surface area (Å²) in [5.74, 6) is 6.41. The fraction of sp³-hybridized carbons (Fsp3) is 0.185. The second-order valence-electron chi connectivity index (χ2n) is 7.80. The van der Waals surface area contributed by atoms with E-state index in [0.29, 0.717) is 35.1 Å². The number of hydrogen-bond donors (Lipinski definition) is 2. The Morgan fingerprint density at radius 2 is 1.92 bits per heavy atom. The third-order valence-electron chi connectivity index (χ3n) is 5.40. The maximum atomic E-state index is 12.3. The van der Waals surface area contributed by atoms with Gasteiger partial charge in [0.25, 0.3) is 5.56 Å². The second kappa shape index (κ2) is 11.2. The van der Waals surface area contributed by atoms with Gasteiger partial charge in [0.2, 0.25) is 0 Å². The van der Waals surface area contributed by atoms with Gasteiger partial charge >= 0.3 is 5.91 Å². The Kier molecular flexibility index (Phi) is 7.58. The van der Waals surface area contributed by atoms with Crippen LogP contribution < -0.4 is 20.5 Å². The molecule has 2 aromatic carbocycles. The molecular weight excluding hydrogens is 458 g/mol. The van der Waals surface area contributed by atoms with Crippen molar-refractivity contribution in [3.8, 4) is 23.3 Å². The van der Waals surface area contributed by atoms with E-state index in [-0.39, 0.29) is 24.5 Å². The summed E-state index contributed by atoms with van der Waals surface area (Å²) >= 11 is 0. The summed E-state index contributed by atoms with van der Waals surface area (Å²) < 4.78 is 7.40. The Labute approximate surface area is 208 Å². The summed E-state index contributed by atoms with van der Waals surface area (Å²) in [6.45, 7) is 2.42. The number of nitrogens with zero attached hydrogens (tertiary/aromatic N) is 4. The predicted octanol–water partition coefficient (Wildman–Crippen LogP) is 3.70. The molecule has 0 radical (unpaired) electrons. The third-order valence-corrected chi connectivity index (χ3v) is 5.40. The monoisotopic (exact) mass is 483 g/mol. The first-order valence-corrected chi connectivity index (χ1v) is 11.4. The van der Waals surface area contributed by atoms with Crippen LogP contribution in [0.15, 0.2) is 71.9 Å². The lowest BCUT2D eigenvalue weighted by atomic mass is 10.2. The first-order chi connectivity index (χ1) is 17.5. The van der Waals surface area contributed by atoms with Crippen LogP contribution in [0.1, 0.15) is 13.3 Å². The molecule has 0 saturated carbocycles. The number of carbonyl (C=O) groups excluding carboxylic acids is 1. The van der Waals surface area contributed by atoms with E-state index in [0.717, 1.165) is 11.1 Å². The van der Waals surface area contributed by atoms with Crippen LogP contribution >= 0.6 is 0 Å². The lowest BCUT2D eigenvalue weighted by molar-refractivity contribution is -0.113. The first kappa shape index (κ1) is 24.4. The van der Waals surface area contributed by atoms with Crippen molar-refractivity contribution < 1.29 is 14.6 Å². The molecule has 0 fully saturated rings. The van der Waals surface area contributed by atoms with Crippen LogP contribution in [0.3, 0.4) is 0 Å². The van der Waals surface area contributed by atoms with E-state index >= 15 is 0 Å². The average molecular weight is 484 g/mol. The molecule has 4 aromatic rings. The molecule has 9 nitrogen and oxygen atoms in total. The molecule has 0 aliphatic carbocycles. The summed E-state index contributed by atoms with van der Waals surface area (Å²) in [5.41, 5.74) is 2.00. The minimum atomic E-state index is -0.378. The highest BCUT2D eigenvalue weighted by Gasteiger charge is 2.12. The fourth-order valence-corrected chi connectivity index (χ4v) is 3.44. The summed E-state index contributed by atoms with van der Waals surface area (Å²) in [6, 6.07) is 15.9. The molecule has 2 heterocycles. The van der Waals surface area contributed by atoms with E-state index < -0.39 is 0 Å². The van der Waals surface area contributed by atoms with Gasteiger partial charge in [-0.05, 0) is 61.4 Å². The van der Waals surface area contributed by atoms with E-state index in [1.165, 1.54) is 17.3 Å². The zero-order valence-electron chi connectivity index (χ0n) is 19.9. The van der Waals surface area contributed by atoms with Gasteiger partial charge in [-0.1, -0.05) is 5.92 Å². The number of aryl methyl sites for hydroxylation is 1. The van der Waals surface area contributed by atoms with E-state index in [1.54, 1.807) is 42.1 Å². The summed E-state index contributed by atoms with van der Waals surface area (Å²) in [4.78, 5) is 34.5. The van der Waals surface area contributed by atoms with Crippen molar-refractivity contribution in [1.82, 2.24) is 14.5 Å². The van der Waals surface area contributed by atoms with Crippen LogP contribution in [0, 0.1) is 11.8 Å². The van der Waals surface area contributed by atoms with Gasteiger partial charge in [0.1, 0.15) is 23.6 Å². The largest absolute Gasteiger partial charge is 0.457 e. The maximum absolute atomic E-state index is 12.3. The Morgan fingerprint density at radius 3 is 2.64 bits per heavy atom. The van der Waals surface area contributed by atoms with Crippen molar-refractivity contribution in [3.63, 3.8) is 0 Å². The lowest BCUT2D eigenvalue weighted by Crippen LogP contribution is -2.24. The molecule has 0 aliphatic heterocycles. The van der Waals surface area contributed by atoms with Crippen molar-refractivity contribution in [2.24, 2.45) is 0 Å². The Bertz CT molecular complexity index is 1500. The number of aromatic nitrogens is 3. The van der Waals surface area contributed by atoms with Crippen molar-refractivity contribution in [2.75, 3.05) is 23.9 Å². The highest BCUT2D eigenvalue weighted by atomic mass is 16.5. The Hall–Kier alpha value is -4.68. The second-order valence-corrected chi connectivity index (χ2v) is 7.80. The van der Waals surface area contributed by atoms with Gasteiger partial charge in [0.05, 0.1) is 12.1 Å². The van der Waals surface area contributed by atoms with Crippen molar-refractivity contribution in [3.05, 3.63) is 77.5 Å². The first-order valence-electron chi connectivity index (χ1n) is 11.4. The van der Waals surface area contributed by atoms with E-state index in [4.69, 9.17) is 9.84 Å². The van der Waals surface area contributed by atoms with Crippen LogP contribution in [-0.4, -0.2) is 39.2 Å². The molecule has 2 N–H and O–H groups in total. The predicted molar refractivity (Wildman–Crippen MR) is 139 cm³/mol. The summed E-state index contributed by atoms with van der Waals surface area (Å²) in [6.07, 6.45) is 3.41. The summed E-state index contributed by atoms with van der Waals surface area (Å²) in [5, 5.41) is 12.9. The zero-order chi connectivity index (χ0) is 25.5. The molecule has 0 aliphatic rings. The molecule has 2 aromatic heterocycles. The van der Waals surface area contributed by atoms with Gasteiger partial charge in [-0.15, -0.1) is 0 Å². The molecule has 0 unspecified atom stereocenters. The molecule has 36 heavy (non-hydrogen) atoms. The number of anilines is 3. The zero-order valence-corrected chi connectivity index (χ0v) is 19.9. The minimum Gasteiger partial charge on any atom is -0.457 e. The Balaban J connectivity index is 1.53. The van der Waals surface area contributed by atoms with E-state index in [2.05, 4.69) is 27.1 Å². The molecule has 0 bridgehead atoms. The van der Waals surface area contributed by atoms with Crippen molar-refractivity contribution in [2.45, 2.75) is 19.9 Å². The minimum absolute atomic E-state index is 0.0915. The topological polar surface area (TPSA) is 110 Å². The van der Waals surface area contributed by atoms with Gasteiger partial charge in [0, 0.05) is 49.0 Å². The number of aliphatic hydroxyl groups excluding tert-OH is 1. The van der Waals surface area contributed by atoms with Crippen molar-refractivity contribution >= 4 is 34.0 Å². The van der Waals surface area contributed by atoms with Crippen LogP contribution in [0.5, 0.6) is 11.5 Å². The molecule has 1 amide bonds. The molecule has 0 saturated heterocycles. The highest BCUT2D eigenvalue weighted by molar-refractivity contribution is 6.06. The lowest BCUT2D eigenvalue weighted by Gasteiger charge is -2.16. The van der Waals surface area contributed by atoms with Gasteiger partial charge in [0.15, 0.2) is 0 Å². The average Bonchev–Trinajstić information content (AvgIpc) is 2.89. The van der Waals surface area contributed by atoms with Gasteiger partial charge in [-0.25, -0.2) is 9.97 Å². The summed E-state index contributed by atoms with van der Waals surface area (Å²) in [7, 11) is 1.64. The SMILES string of the molecule is CCn1ccc(Oc2ccc(Nc3ncnc4ccc(N(C)C(=O)C#CCCO)cc34)cc2)cc1=O. The molecular formula is C27H25N5O4. The van der Waals surface area contributed by atoms with Crippen LogP contribution in [0.25, 0.3) is 10.9 Å². The standard InChI is InChI=1S/C27H25N5O4/c1-3-32-14-13-22(17-26(32)35)36-21-10-7-19(8-11-21)30-27-23-16-20(9-12-24(23)28-18-29-27)31(2)25(34)6-4-5-15-33/h7-14,16-18,33H,3,5,15H2,1-2H3,(H,28,29,30). The number of hydrogen-bond acceptors (Lipinski definition) is 7. The molecule has 4 rings (SSSR count). The maximum Gasteiger partial charge on any atom is 0.302 e. The number of benzene rings is 2. The fourth-order valence-electron chi connectivity index (χ4n) is 3.44. The number of ether oxygens (including phenoxy) is 1. The normalized spacial score (nSPS) is 10.4. The van der Waals surface area contributed by atoms with E-state index in [1.807, 2.05) is 31.2 Å². The quantitative estimate of drug-likeness (QED) is 0.386. The van der Waals surface area contributed by atoms with Crippen molar-refractivity contribution in [1.29, 1.82) is 0 Å². The van der Waals surface area contributed by atoms with Crippen LogP contribution in [0.4, 0.5) is 17.2 Å². The molecule has 0 spiro atoms. The van der Waals surface area contributed by atoms with Crippen LogP contribution in [-0.2, 0) is 11.3 Å². The van der Waals surface area contributed by atoms with Crippen LogP contribution in [0.2, 0.25) is 0 Å². The third kappa shape index (κ3) is 5.68.